The van der Waals surface area contributed by atoms with Crippen LogP contribution in [-0.2, 0) is 27.4 Å². The molecule has 46 heavy (non-hydrogen) atoms. The summed E-state index contributed by atoms with van der Waals surface area (Å²) in [6.45, 7) is 1.55. The first kappa shape index (κ1) is 32.8. The number of carbonyl (C=O) groups excluding carboxylic acids is 4. The third-order valence-electron chi connectivity index (χ3n) is 8.15. The summed E-state index contributed by atoms with van der Waals surface area (Å²) < 4.78 is 6.18. The second-order valence-electron chi connectivity index (χ2n) is 11.6. The molecule has 240 valence electrons. The highest BCUT2D eigenvalue weighted by molar-refractivity contribution is 7.20. The Hall–Kier alpha value is -4.57. The predicted molar refractivity (Wildman–Crippen MR) is 178 cm³/mol. The largest absolute Gasteiger partial charge is 0.445 e. The number of amides is 3. The number of nitrogens with zero attached hydrogens (tertiary/aromatic N) is 2. The van der Waals surface area contributed by atoms with E-state index in [1.165, 1.54) is 11.3 Å². The number of para-hydroxylation sites is 1. The van der Waals surface area contributed by atoms with Crippen molar-refractivity contribution in [1.29, 1.82) is 0 Å². The number of fused-ring (bicyclic) bond motifs is 1. The van der Waals surface area contributed by atoms with Gasteiger partial charge in [-0.2, -0.15) is 0 Å². The maximum absolute atomic E-state index is 13.7. The van der Waals surface area contributed by atoms with Gasteiger partial charge in [0.25, 0.3) is 0 Å². The third-order valence-corrected chi connectivity index (χ3v) is 9.21. The number of alkyl carbamates (subject to hydrolysis) is 1. The van der Waals surface area contributed by atoms with Crippen molar-refractivity contribution in [3.8, 4) is 0 Å². The van der Waals surface area contributed by atoms with E-state index >= 15 is 0 Å². The van der Waals surface area contributed by atoms with Crippen LogP contribution < -0.4 is 10.6 Å². The van der Waals surface area contributed by atoms with Gasteiger partial charge >= 0.3 is 6.09 Å². The van der Waals surface area contributed by atoms with Crippen LogP contribution in [0.5, 0.6) is 0 Å². The molecular weight excluding hydrogens is 600 g/mol. The topological polar surface area (TPSA) is 118 Å². The van der Waals surface area contributed by atoms with Gasteiger partial charge in [0.1, 0.15) is 6.61 Å². The number of thiazole rings is 1. The van der Waals surface area contributed by atoms with Crippen LogP contribution in [0.15, 0.2) is 84.9 Å². The van der Waals surface area contributed by atoms with Crippen molar-refractivity contribution in [2.24, 2.45) is 5.92 Å². The molecule has 1 aromatic heterocycles. The van der Waals surface area contributed by atoms with E-state index in [0.29, 0.717) is 63.2 Å². The number of ketones is 1. The molecular formula is C36H40N4O5S. The molecule has 0 saturated carbocycles. The summed E-state index contributed by atoms with van der Waals surface area (Å²) in [4.78, 5) is 58.7. The van der Waals surface area contributed by atoms with Gasteiger partial charge in [0.05, 0.1) is 22.2 Å². The molecule has 0 radical (unpaired) electrons. The molecule has 0 unspecified atom stereocenters. The quantitative estimate of drug-likeness (QED) is 0.130. The first-order valence-electron chi connectivity index (χ1n) is 15.9. The lowest BCUT2D eigenvalue weighted by molar-refractivity contribution is -0.135. The lowest BCUT2D eigenvalue weighted by Gasteiger charge is -2.33. The van der Waals surface area contributed by atoms with Crippen molar-refractivity contribution in [2.45, 2.75) is 57.6 Å². The molecule has 5 rings (SSSR count). The highest BCUT2D eigenvalue weighted by Gasteiger charge is 2.32. The van der Waals surface area contributed by atoms with Gasteiger partial charge in [-0.15, -0.1) is 11.3 Å². The molecule has 4 aromatic rings. The van der Waals surface area contributed by atoms with E-state index in [-0.39, 0.29) is 30.1 Å². The standard InChI is InChI=1S/C36H40N4O5S/c41-32(21-20-26-12-3-1-4-13-26)40-23-11-16-28(24-40)34(43)38-30(33(42)35-39-29-17-7-8-19-31(29)46-35)18-9-10-22-37-36(44)45-25-27-14-5-2-6-15-27/h1-8,12-15,17,19,28,30H,9-11,16,18,20-25H2,(H,37,44)(H,38,43)/t28-,30-/m1/s1. The van der Waals surface area contributed by atoms with Crippen LogP contribution in [0.1, 0.15) is 59.5 Å². The Kier molecular flexibility index (Phi) is 11.9. The molecule has 2 heterocycles. The molecule has 3 aromatic carbocycles. The number of unbranched alkanes of at least 4 members (excludes halogenated alkanes) is 1. The molecule has 0 bridgehead atoms. The maximum Gasteiger partial charge on any atom is 0.407 e. The van der Waals surface area contributed by atoms with Gasteiger partial charge in [-0.05, 0) is 61.8 Å². The molecule has 9 nitrogen and oxygen atoms in total. The molecule has 2 N–H and O–H groups in total. The second-order valence-corrected chi connectivity index (χ2v) is 12.6. The fourth-order valence-electron chi connectivity index (χ4n) is 5.59. The summed E-state index contributed by atoms with van der Waals surface area (Å²) in [5.74, 6) is -0.793. The highest BCUT2D eigenvalue weighted by atomic mass is 32.1. The zero-order chi connectivity index (χ0) is 32.1. The van der Waals surface area contributed by atoms with E-state index in [0.717, 1.165) is 27.8 Å². The van der Waals surface area contributed by atoms with Gasteiger partial charge < -0.3 is 20.3 Å². The first-order valence-corrected chi connectivity index (χ1v) is 16.7. The second kappa shape index (κ2) is 16.7. The monoisotopic (exact) mass is 640 g/mol. The molecule has 1 aliphatic rings. The number of Topliss-reactive ketones (excluding diaryl/α,β-unsaturated/α-hetero) is 1. The number of likely N-dealkylation sites (tertiary alicyclic amines) is 1. The van der Waals surface area contributed by atoms with Gasteiger partial charge in [-0.3, -0.25) is 14.4 Å². The van der Waals surface area contributed by atoms with Crippen LogP contribution >= 0.6 is 11.3 Å². The minimum absolute atomic E-state index is 0.0400. The van der Waals surface area contributed by atoms with E-state index in [9.17, 15) is 19.2 Å². The van der Waals surface area contributed by atoms with Crippen LogP contribution in [0.25, 0.3) is 10.2 Å². The fourth-order valence-corrected chi connectivity index (χ4v) is 6.55. The van der Waals surface area contributed by atoms with Crippen molar-refractivity contribution < 1.29 is 23.9 Å². The maximum atomic E-state index is 13.7. The van der Waals surface area contributed by atoms with Gasteiger partial charge in [0.15, 0.2) is 5.01 Å². The van der Waals surface area contributed by atoms with Gasteiger partial charge in [0.2, 0.25) is 17.6 Å². The molecule has 1 saturated heterocycles. The number of nitrogens with one attached hydrogen (secondary N) is 2. The van der Waals surface area contributed by atoms with E-state index in [4.69, 9.17) is 4.74 Å². The number of ether oxygens (including phenoxy) is 1. The van der Waals surface area contributed by atoms with Crippen LogP contribution in [0.2, 0.25) is 0 Å². The molecule has 1 aliphatic heterocycles. The predicted octanol–water partition coefficient (Wildman–Crippen LogP) is 5.93. The molecule has 3 amide bonds. The van der Waals surface area contributed by atoms with Crippen LogP contribution in [-0.4, -0.2) is 59.3 Å². The Balaban J connectivity index is 1.15. The average Bonchev–Trinajstić information content (AvgIpc) is 3.54. The normalized spacial score (nSPS) is 15.2. The number of aryl methyl sites for hydroxylation is 1. The van der Waals surface area contributed by atoms with Crippen molar-refractivity contribution in [3.63, 3.8) is 0 Å². The Morgan fingerprint density at radius 2 is 1.63 bits per heavy atom. The van der Waals surface area contributed by atoms with Crippen molar-refractivity contribution in [1.82, 2.24) is 20.5 Å². The zero-order valence-electron chi connectivity index (χ0n) is 25.9. The SMILES string of the molecule is O=C(NCCCC[C@@H](NC(=O)[C@@H]1CCCN(C(=O)CCc2ccccc2)C1)C(=O)c1nc2ccccc2s1)OCc1ccccc1. The van der Waals surface area contributed by atoms with Gasteiger partial charge in [-0.25, -0.2) is 9.78 Å². The molecule has 0 aliphatic carbocycles. The highest BCUT2D eigenvalue weighted by Crippen LogP contribution is 2.24. The average molecular weight is 641 g/mol. The lowest BCUT2D eigenvalue weighted by atomic mass is 9.95. The van der Waals surface area contributed by atoms with Crippen molar-refractivity contribution in [3.05, 3.63) is 101 Å². The van der Waals surface area contributed by atoms with Gasteiger partial charge in [-0.1, -0.05) is 72.8 Å². The van der Waals surface area contributed by atoms with E-state index in [2.05, 4.69) is 15.6 Å². The molecule has 0 spiro atoms. The molecule has 1 fully saturated rings. The first-order chi connectivity index (χ1) is 22.5. The van der Waals surface area contributed by atoms with E-state index < -0.39 is 12.1 Å². The summed E-state index contributed by atoms with van der Waals surface area (Å²) >= 11 is 1.32. The number of hydrogen-bond donors (Lipinski definition) is 2. The fraction of sp³-hybridized carbons (Fsp3) is 0.361. The number of carbonyl (C=O) groups is 4. The van der Waals surface area contributed by atoms with Crippen molar-refractivity contribution >= 4 is 45.2 Å². The number of aromatic nitrogens is 1. The van der Waals surface area contributed by atoms with Crippen LogP contribution in [0.3, 0.4) is 0 Å². The number of rotatable bonds is 14. The zero-order valence-corrected chi connectivity index (χ0v) is 26.7. The summed E-state index contributed by atoms with van der Waals surface area (Å²) in [5.41, 5.74) is 2.76. The molecule has 10 heteroatoms. The Morgan fingerprint density at radius 1 is 0.913 bits per heavy atom. The summed E-state index contributed by atoms with van der Waals surface area (Å²) in [7, 11) is 0. The van der Waals surface area contributed by atoms with E-state index in [1.54, 1.807) is 4.90 Å². The minimum Gasteiger partial charge on any atom is -0.445 e. The Bertz CT molecular complexity index is 1580. The smallest absolute Gasteiger partial charge is 0.407 e. The third kappa shape index (κ3) is 9.47. The van der Waals surface area contributed by atoms with Gasteiger partial charge in [0, 0.05) is 26.1 Å². The van der Waals surface area contributed by atoms with Crippen molar-refractivity contribution in [2.75, 3.05) is 19.6 Å². The summed E-state index contributed by atoms with van der Waals surface area (Å²) in [6, 6.07) is 26.2. The van der Waals surface area contributed by atoms with Crippen LogP contribution in [0.4, 0.5) is 4.79 Å². The Labute approximate surface area is 273 Å². The van der Waals surface area contributed by atoms with Crippen LogP contribution in [0, 0.1) is 5.92 Å². The molecule has 2 atom stereocenters. The number of benzene rings is 3. The minimum atomic E-state index is -0.762. The number of hydrogen-bond acceptors (Lipinski definition) is 7. The number of piperidine rings is 1. The lowest BCUT2D eigenvalue weighted by Crippen LogP contribution is -2.49. The Morgan fingerprint density at radius 3 is 2.39 bits per heavy atom. The van der Waals surface area contributed by atoms with E-state index in [1.807, 2.05) is 84.9 Å². The summed E-state index contributed by atoms with van der Waals surface area (Å²) in [6.07, 6.45) is 3.54. The summed E-state index contributed by atoms with van der Waals surface area (Å²) in [5, 5.41) is 6.12.